The highest BCUT2D eigenvalue weighted by atomic mass is 16.5. The molecular formula is C23H27N3O2. The van der Waals surface area contributed by atoms with Gasteiger partial charge in [-0.15, -0.1) is 0 Å². The molecule has 1 N–H and O–H groups in total. The molecule has 1 atom stereocenters. The number of benzene rings is 2. The van der Waals surface area contributed by atoms with Crippen LogP contribution in [0.25, 0.3) is 5.69 Å². The number of hydrogen-bond acceptors (Lipinski definition) is 3. The Bertz CT molecular complexity index is 893. The van der Waals surface area contributed by atoms with Crippen LogP contribution in [0, 0.1) is 0 Å². The molecule has 0 aliphatic heterocycles. The van der Waals surface area contributed by atoms with Crippen LogP contribution in [0.4, 0.5) is 0 Å². The predicted octanol–water partition coefficient (Wildman–Crippen LogP) is 4.25. The Hall–Kier alpha value is -3.08. The molecule has 5 nitrogen and oxygen atoms in total. The number of rotatable bonds is 6. The van der Waals surface area contributed by atoms with Crippen LogP contribution in [0.3, 0.4) is 0 Å². The second kappa shape index (κ2) is 8.30. The maximum Gasteiger partial charge on any atom is 0.261 e. The van der Waals surface area contributed by atoms with Gasteiger partial charge in [0.15, 0.2) is 6.10 Å². The van der Waals surface area contributed by atoms with Crippen molar-refractivity contribution in [2.24, 2.45) is 0 Å². The van der Waals surface area contributed by atoms with Crippen LogP contribution in [-0.4, -0.2) is 21.8 Å². The Morgan fingerprint density at radius 1 is 1.11 bits per heavy atom. The average Bonchev–Trinajstić information content (AvgIpc) is 3.21. The van der Waals surface area contributed by atoms with E-state index in [0.717, 1.165) is 11.3 Å². The monoisotopic (exact) mass is 377 g/mol. The fraction of sp³-hybridized carbons (Fsp3) is 0.304. The number of amides is 1. The molecule has 3 aromatic rings. The van der Waals surface area contributed by atoms with Gasteiger partial charge >= 0.3 is 0 Å². The first-order valence-electron chi connectivity index (χ1n) is 9.47. The summed E-state index contributed by atoms with van der Waals surface area (Å²) in [6.07, 6.45) is 3.07. The number of nitrogens with zero attached hydrogens (tertiary/aromatic N) is 2. The number of ether oxygens (including phenoxy) is 1. The first-order chi connectivity index (χ1) is 13.3. The first-order valence-corrected chi connectivity index (χ1v) is 9.47. The van der Waals surface area contributed by atoms with E-state index in [4.69, 9.17) is 4.74 Å². The molecule has 146 valence electrons. The van der Waals surface area contributed by atoms with Crippen LogP contribution in [0.15, 0.2) is 67.0 Å². The molecular weight excluding hydrogens is 350 g/mol. The van der Waals surface area contributed by atoms with Crippen molar-refractivity contribution in [3.8, 4) is 11.4 Å². The number of nitrogens with one attached hydrogen (secondary N) is 1. The van der Waals surface area contributed by atoms with E-state index in [0.29, 0.717) is 12.3 Å². The van der Waals surface area contributed by atoms with Crippen molar-refractivity contribution in [3.63, 3.8) is 0 Å². The zero-order chi connectivity index (χ0) is 20.1. The van der Waals surface area contributed by atoms with Crippen LogP contribution in [0.5, 0.6) is 5.75 Å². The Kier molecular flexibility index (Phi) is 5.83. The van der Waals surface area contributed by atoms with Gasteiger partial charge in [0, 0.05) is 18.9 Å². The van der Waals surface area contributed by atoms with Crippen molar-refractivity contribution in [1.82, 2.24) is 15.1 Å². The highest BCUT2D eigenvalue weighted by Gasteiger charge is 2.16. The minimum atomic E-state index is -0.566. The first kappa shape index (κ1) is 19.7. The molecule has 0 radical (unpaired) electrons. The van der Waals surface area contributed by atoms with Gasteiger partial charge in [0.05, 0.1) is 5.69 Å². The standard InChI is InChI=1S/C23H27N3O2/c1-17(28-21-12-8-19(9-13-21)23(2,3)4)22(27)24-16-18-6-10-20(11-7-18)26-15-5-14-25-26/h5-15,17H,16H2,1-4H3,(H,24,27). The molecule has 5 heteroatoms. The number of aromatic nitrogens is 2. The number of carbonyl (C=O) groups excluding carboxylic acids is 1. The summed E-state index contributed by atoms with van der Waals surface area (Å²) >= 11 is 0. The van der Waals surface area contributed by atoms with Crippen LogP contribution < -0.4 is 10.1 Å². The third-order valence-corrected chi connectivity index (χ3v) is 4.57. The molecule has 0 saturated carbocycles. The largest absolute Gasteiger partial charge is 0.481 e. The van der Waals surface area contributed by atoms with Gasteiger partial charge in [-0.25, -0.2) is 4.68 Å². The van der Waals surface area contributed by atoms with Crippen LogP contribution in [-0.2, 0) is 16.8 Å². The average molecular weight is 377 g/mol. The van der Waals surface area contributed by atoms with E-state index in [-0.39, 0.29) is 11.3 Å². The van der Waals surface area contributed by atoms with Gasteiger partial charge in [-0.2, -0.15) is 5.10 Å². The fourth-order valence-corrected chi connectivity index (χ4v) is 2.81. The van der Waals surface area contributed by atoms with E-state index >= 15 is 0 Å². The summed E-state index contributed by atoms with van der Waals surface area (Å²) in [5.41, 5.74) is 3.33. The normalized spacial score (nSPS) is 12.4. The van der Waals surface area contributed by atoms with E-state index in [9.17, 15) is 4.79 Å². The van der Waals surface area contributed by atoms with Crippen molar-refractivity contribution >= 4 is 5.91 Å². The van der Waals surface area contributed by atoms with Crippen molar-refractivity contribution in [3.05, 3.63) is 78.1 Å². The molecule has 2 aromatic carbocycles. The third kappa shape index (κ3) is 5.00. The Balaban J connectivity index is 1.51. The molecule has 0 aliphatic rings. The summed E-state index contributed by atoms with van der Waals surface area (Å²) in [7, 11) is 0. The van der Waals surface area contributed by atoms with Crippen molar-refractivity contribution in [1.29, 1.82) is 0 Å². The van der Waals surface area contributed by atoms with Gasteiger partial charge < -0.3 is 10.1 Å². The fourth-order valence-electron chi connectivity index (χ4n) is 2.81. The molecule has 0 bridgehead atoms. The summed E-state index contributed by atoms with van der Waals surface area (Å²) in [6, 6.07) is 17.7. The smallest absolute Gasteiger partial charge is 0.261 e. The van der Waals surface area contributed by atoms with Crippen LogP contribution in [0.2, 0.25) is 0 Å². The summed E-state index contributed by atoms with van der Waals surface area (Å²) < 4.78 is 7.57. The lowest BCUT2D eigenvalue weighted by atomic mass is 9.87. The van der Waals surface area contributed by atoms with E-state index < -0.39 is 6.10 Å². The quantitative estimate of drug-likeness (QED) is 0.698. The second-order valence-electron chi connectivity index (χ2n) is 7.87. The lowest BCUT2D eigenvalue weighted by Crippen LogP contribution is -2.35. The molecule has 0 aliphatic carbocycles. The number of carbonyl (C=O) groups is 1. The van der Waals surface area contributed by atoms with Gasteiger partial charge in [0.2, 0.25) is 0 Å². The van der Waals surface area contributed by atoms with Crippen molar-refractivity contribution < 1.29 is 9.53 Å². The Morgan fingerprint density at radius 2 is 1.79 bits per heavy atom. The predicted molar refractivity (Wildman–Crippen MR) is 111 cm³/mol. The summed E-state index contributed by atoms with van der Waals surface area (Å²) in [6.45, 7) is 8.71. The molecule has 0 fully saturated rings. The van der Waals surface area contributed by atoms with Crippen molar-refractivity contribution in [2.75, 3.05) is 0 Å². The maximum absolute atomic E-state index is 12.4. The molecule has 1 unspecified atom stereocenters. The van der Waals surface area contributed by atoms with E-state index in [1.54, 1.807) is 17.8 Å². The van der Waals surface area contributed by atoms with Crippen molar-refractivity contribution in [2.45, 2.75) is 45.8 Å². The van der Waals surface area contributed by atoms with Gasteiger partial charge in [0.25, 0.3) is 5.91 Å². The van der Waals surface area contributed by atoms with E-state index in [1.807, 2.05) is 60.8 Å². The Labute approximate surface area is 166 Å². The van der Waals surface area contributed by atoms with Crippen LogP contribution >= 0.6 is 0 Å². The topological polar surface area (TPSA) is 56.1 Å². The summed E-state index contributed by atoms with van der Waals surface area (Å²) in [5, 5.41) is 7.13. The van der Waals surface area contributed by atoms with Gasteiger partial charge in [-0.1, -0.05) is 45.0 Å². The Morgan fingerprint density at radius 3 is 2.36 bits per heavy atom. The third-order valence-electron chi connectivity index (χ3n) is 4.57. The zero-order valence-corrected chi connectivity index (χ0v) is 16.8. The summed E-state index contributed by atoms with van der Waals surface area (Å²) in [4.78, 5) is 12.4. The SMILES string of the molecule is CC(Oc1ccc(C(C)(C)C)cc1)C(=O)NCc1ccc(-n2cccn2)cc1. The van der Waals surface area contributed by atoms with E-state index in [2.05, 4.69) is 31.2 Å². The second-order valence-corrected chi connectivity index (χ2v) is 7.87. The lowest BCUT2D eigenvalue weighted by Gasteiger charge is -2.20. The highest BCUT2D eigenvalue weighted by Crippen LogP contribution is 2.24. The molecule has 3 rings (SSSR count). The molecule has 1 aromatic heterocycles. The molecule has 1 heterocycles. The molecule has 0 spiro atoms. The van der Waals surface area contributed by atoms with E-state index in [1.165, 1.54) is 5.56 Å². The molecule has 0 saturated heterocycles. The minimum Gasteiger partial charge on any atom is -0.481 e. The van der Waals surface area contributed by atoms with Gasteiger partial charge in [0.1, 0.15) is 5.75 Å². The number of hydrogen-bond donors (Lipinski definition) is 1. The minimum absolute atomic E-state index is 0.0917. The van der Waals surface area contributed by atoms with Crippen LogP contribution in [0.1, 0.15) is 38.8 Å². The molecule has 1 amide bonds. The summed E-state index contributed by atoms with van der Waals surface area (Å²) in [5.74, 6) is 0.551. The maximum atomic E-state index is 12.4. The zero-order valence-electron chi connectivity index (χ0n) is 16.8. The molecule has 28 heavy (non-hydrogen) atoms. The van der Waals surface area contributed by atoms with Gasteiger partial charge in [-0.05, 0) is 53.8 Å². The van der Waals surface area contributed by atoms with Gasteiger partial charge in [-0.3, -0.25) is 4.79 Å². The highest BCUT2D eigenvalue weighted by molar-refractivity contribution is 5.80. The lowest BCUT2D eigenvalue weighted by molar-refractivity contribution is -0.127.